The Hall–Kier alpha value is -3.44. The third-order valence-electron chi connectivity index (χ3n) is 5.84. The first-order valence-corrected chi connectivity index (χ1v) is 11.8. The standard InChI is InChI=1S/C28H32N4O/c33-28(30-18-7-21-32-19-4-1-5-20-32)24-8-6-10-27(22-24)31-26-15-12-23(13-16-26)11-14-25-9-2-3-17-29-25/h2-3,6,8-17,22,31H,1,4-5,7,18-21H2,(H,30,33)/b14-11+. The zero-order valence-electron chi connectivity index (χ0n) is 19.0. The normalized spacial score (nSPS) is 14.3. The first-order chi connectivity index (χ1) is 16.3. The maximum atomic E-state index is 12.6. The minimum atomic E-state index is -0.0210. The number of anilines is 2. The lowest BCUT2D eigenvalue weighted by molar-refractivity contribution is 0.0951. The molecule has 0 bridgehead atoms. The van der Waals surface area contributed by atoms with Gasteiger partial charge < -0.3 is 15.5 Å². The van der Waals surface area contributed by atoms with E-state index in [1.807, 2.05) is 66.7 Å². The molecule has 0 atom stereocenters. The molecule has 170 valence electrons. The van der Waals surface area contributed by atoms with Gasteiger partial charge in [-0.2, -0.15) is 0 Å². The molecule has 1 aromatic heterocycles. The number of aromatic nitrogens is 1. The van der Waals surface area contributed by atoms with Gasteiger partial charge >= 0.3 is 0 Å². The van der Waals surface area contributed by atoms with Crippen molar-refractivity contribution in [3.8, 4) is 0 Å². The molecule has 0 radical (unpaired) electrons. The number of hydrogen-bond acceptors (Lipinski definition) is 4. The van der Waals surface area contributed by atoms with Crippen LogP contribution in [0.2, 0.25) is 0 Å². The van der Waals surface area contributed by atoms with Crippen LogP contribution in [0.1, 0.15) is 47.3 Å². The number of carbonyl (C=O) groups is 1. The summed E-state index contributed by atoms with van der Waals surface area (Å²) in [6, 6.07) is 21.7. The minimum Gasteiger partial charge on any atom is -0.356 e. The van der Waals surface area contributed by atoms with Gasteiger partial charge in [0.05, 0.1) is 5.69 Å². The van der Waals surface area contributed by atoms with Gasteiger partial charge in [-0.25, -0.2) is 0 Å². The lowest BCUT2D eigenvalue weighted by Crippen LogP contribution is -2.33. The summed E-state index contributed by atoms with van der Waals surface area (Å²) in [4.78, 5) is 19.4. The van der Waals surface area contributed by atoms with Crippen molar-refractivity contribution in [3.05, 3.63) is 89.7 Å². The predicted molar refractivity (Wildman–Crippen MR) is 137 cm³/mol. The number of amides is 1. The van der Waals surface area contributed by atoms with Crippen molar-refractivity contribution in [1.29, 1.82) is 0 Å². The number of hydrogen-bond donors (Lipinski definition) is 2. The van der Waals surface area contributed by atoms with Crippen LogP contribution in [-0.2, 0) is 0 Å². The van der Waals surface area contributed by atoms with Crippen molar-refractivity contribution in [2.75, 3.05) is 31.5 Å². The van der Waals surface area contributed by atoms with Crippen LogP contribution in [0.4, 0.5) is 11.4 Å². The maximum absolute atomic E-state index is 12.6. The highest BCUT2D eigenvalue weighted by Gasteiger charge is 2.10. The molecular weight excluding hydrogens is 408 g/mol. The molecular formula is C28H32N4O. The Balaban J connectivity index is 1.26. The lowest BCUT2D eigenvalue weighted by Gasteiger charge is -2.26. The van der Waals surface area contributed by atoms with Crippen molar-refractivity contribution >= 4 is 29.4 Å². The smallest absolute Gasteiger partial charge is 0.251 e. The van der Waals surface area contributed by atoms with Gasteiger partial charge in [-0.3, -0.25) is 9.78 Å². The second-order valence-electron chi connectivity index (χ2n) is 8.43. The number of carbonyl (C=O) groups excluding carboxylic acids is 1. The van der Waals surface area contributed by atoms with E-state index in [9.17, 15) is 4.79 Å². The van der Waals surface area contributed by atoms with Crippen LogP contribution in [0, 0.1) is 0 Å². The van der Waals surface area contributed by atoms with Gasteiger partial charge in [0.25, 0.3) is 5.91 Å². The molecule has 5 heteroatoms. The van der Waals surface area contributed by atoms with Gasteiger partial charge in [0.1, 0.15) is 0 Å². The third-order valence-corrected chi connectivity index (χ3v) is 5.84. The van der Waals surface area contributed by atoms with Gasteiger partial charge in [0, 0.05) is 29.7 Å². The Morgan fingerprint density at radius 3 is 2.55 bits per heavy atom. The van der Waals surface area contributed by atoms with Crippen molar-refractivity contribution in [1.82, 2.24) is 15.2 Å². The molecule has 1 fully saturated rings. The van der Waals surface area contributed by atoms with Crippen LogP contribution in [0.15, 0.2) is 72.9 Å². The van der Waals surface area contributed by atoms with Crippen molar-refractivity contribution in [2.45, 2.75) is 25.7 Å². The first kappa shape index (κ1) is 22.7. The van der Waals surface area contributed by atoms with Gasteiger partial charge in [-0.15, -0.1) is 0 Å². The molecule has 2 aromatic carbocycles. The fourth-order valence-electron chi connectivity index (χ4n) is 4.03. The van der Waals surface area contributed by atoms with Crippen LogP contribution in [0.25, 0.3) is 12.2 Å². The summed E-state index contributed by atoms with van der Waals surface area (Å²) in [6.07, 6.45) is 10.8. The van der Waals surface area contributed by atoms with Crippen molar-refractivity contribution < 1.29 is 4.79 Å². The highest BCUT2D eigenvalue weighted by Crippen LogP contribution is 2.19. The van der Waals surface area contributed by atoms with E-state index in [0.717, 1.165) is 35.6 Å². The van der Waals surface area contributed by atoms with Crippen LogP contribution in [0.3, 0.4) is 0 Å². The van der Waals surface area contributed by atoms with E-state index < -0.39 is 0 Å². The van der Waals surface area contributed by atoms with Crippen molar-refractivity contribution in [2.24, 2.45) is 0 Å². The highest BCUT2D eigenvalue weighted by molar-refractivity contribution is 5.95. The predicted octanol–water partition coefficient (Wildman–Crippen LogP) is 5.60. The molecule has 1 aliphatic rings. The van der Waals surface area contributed by atoms with Gasteiger partial charge in [-0.1, -0.05) is 36.8 Å². The quantitative estimate of drug-likeness (QED) is 0.425. The van der Waals surface area contributed by atoms with E-state index in [0.29, 0.717) is 12.1 Å². The van der Waals surface area contributed by atoms with E-state index >= 15 is 0 Å². The number of likely N-dealkylation sites (tertiary alicyclic amines) is 1. The molecule has 4 rings (SSSR count). The molecule has 0 unspecified atom stereocenters. The van der Waals surface area contributed by atoms with Crippen molar-refractivity contribution in [3.63, 3.8) is 0 Å². The topological polar surface area (TPSA) is 57.3 Å². The second-order valence-corrected chi connectivity index (χ2v) is 8.43. The number of benzene rings is 2. The van der Waals surface area contributed by atoms with E-state index in [2.05, 4.69) is 32.7 Å². The summed E-state index contributed by atoms with van der Waals surface area (Å²) in [5.74, 6) is -0.0210. The Kier molecular flexibility index (Phi) is 8.25. The molecule has 1 aliphatic heterocycles. The summed E-state index contributed by atoms with van der Waals surface area (Å²) in [5.41, 5.74) is 4.58. The van der Waals surface area contributed by atoms with Gasteiger partial charge in [-0.05, 0) is 93.0 Å². The molecule has 3 aromatic rings. The number of rotatable bonds is 9. The second kappa shape index (κ2) is 12.0. The fraction of sp³-hybridized carbons (Fsp3) is 0.286. The molecule has 1 amide bonds. The van der Waals surface area contributed by atoms with E-state index in [1.165, 1.54) is 32.4 Å². The lowest BCUT2D eigenvalue weighted by atomic mass is 10.1. The third kappa shape index (κ3) is 7.29. The zero-order valence-corrected chi connectivity index (χ0v) is 19.0. The highest BCUT2D eigenvalue weighted by atomic mass is 16.1. The minimum absolute atomic E-state index is 0.0210. The average Bonchev–Trinajstić information content (AvgIpc) is 2.87. The van der Waals surface area contributed by atoms with E-state index in [-0.39, 0.29) is 5.91 Å². The summed E-state index contributed by atoms with van der Waals surface area (Å²) in [6.45, 7) is 4.17. The monoisotopic (exact) mass is 440 g/mol. The summed E-state index contributed by atoms with van der Waals surface area (Å²) >= 11 is 0. The molecule has 0 aliphatic carbocycles. The SMILES string of the molecule is O=C(NCCCN1CCCCC1)c1cccc(Nc2ccc(/C=C/c3ccccn3)cc2)c1. The van der Waals surface area contributed by atoms with Gasteiger partial charge in [0.15, 0.2) is 0 Å². The number of piperidine rings is 1. The molecule has 5 nitrogen and oxygen atoms in total. The van der Waals surface area contributed by atoms with Crippen LogP contribution >= 0.6 is 0 Å². The number of nitrogens with zero attached hydrogens (tertiary/aromatic N) is 2. The summed E-state index contributed by atoms with van der Waals surface area (Å²) < 4.78 is 0. The molecule has 2 heterocycles. The summed E-state index contributed by atoms with van der Waals surface area (Å²) in [5, 5.41) is 6.45. The molecule has 1 saturated heterocycles. The average molecular weight is 441 g/mol. The van der Waals surface area contributed by atoms with Crippen LogP contribution in [-0.4, -0.2) is 42.0 Å². The fourth-order valence-corrected chi connectivity index (χ4v) is 4.03. The Labute approximate surface area is 196 Å². The molecule has 2 N–H and O–H groups in total. The first-order valence-electron chi connectivity index (χ1n) is 11.8. The Bertz CT molecular complexity index is 1040. The van der Waals surface area contributed by atoms with E-state index in [1.54, 1.807) is 6.20 Å². The molecule has 33 heavy (non-hydrogen) atoms. The van der Waals surface area contributed by atoms with E-state index in [4.69, 9.17) is 0 Å². The largest absolute Gasteiger partial charge is 0.356 e. The van der Waals surface area contributed by atoms with Crippen LogP contribution in [0.5, 0.6) is 0 Å². The Morgan fingerprint density at radius 1 is 0.909 bits per heavy atom. The number of pyridine rings is 1. The van der Waals surface area contributed by atoms with Gasteiger partial charge in [0.2, 0.25) is 0 Å². The zero-order chi connectivity index (χ0) is 22.7. The number of nitrogens with one attached hydrogen (secondary N) is 2. The Morgan fingerprint density at radius 2 is 1.76 bits per heavy atom. The molecule has 0 saturated carbocycles. The summed E-state index contributed by atoms with van der Waals surface area (Å²) in [7, 11) is 0. The molecule has 0 spiro atoms. The van der Waals surface area contributed by atoms with Crippen LogP contribution < -0.4 is 10.6 Å². The maximum Gasteiger partial charge on any atom is 0.251 e.